The molecule has 0 spiro atoms. The molecule has 2 aromatic carbocycles. The van der Waals surface area contributed by atoms with E-state index in [2.05, 4.69) is 0 Å². The predicted molar refractivity (Wildman–Crippen MR) is 94.6 cm³/mol. The summed E-state index contributed by atoms with van der Waals surface area (Å²) >= 11 is 1.32. The number of carbonyl (C=O) groups is 1. The van der Waals surface area contributed by atoms with E-state index in [1.54, 1.807) is 4.31 Å². The van der Waals surface area contributed by atoms with Crippen molar-refractivity contribution in [2.24, 2.45) is 0 Å². The molecule has 0 saturated carbocycles. The van der Waals surface area contributed by atoms with E-state index >= 15 is 0 Å². The molecule has 0 bridgehead atoms. The molecule has 5 heteroatoms. The SMILES string of the molecule is Cc1cccc2ccc(SN3COCc4ccccc4C3=O)nc12. The van der Waals surface area contributed by atoms with Gasteiger partial charge in [0.1, 0.15) is 11.8 Å². The van der Waals surface area contributed by atoms with E-state index < -0.39 is 0 Å². The Morgan fingerprint density at radius 1 is 1.08 bits per heavy atom. The van der Waals surface area contributed by atoms with Crippen molar-refractivity contribution in [2.75, 3.05) is 6.73 Å². The van der Waals surface area contributed by atoms with E-state index in [4.69, 9.17) is 9.72 Å². The molecule has 3 aromatic rings. The number of aryl methyl sites for hydroxylation is 1. The summed E-state index contributed by atoms with van der Waals surface area (Å²) in [6, 6.07) is 17.7. The summed E-state index contributed by atoms with van der Waals surface area (Å²) in [5.74, 6) is -0.0419. The van der Waals surface area contributed by atoms with Crippen molar-refractivity contribution in [3.8, 4) is 0 Å². The van der Waals surface area contributed by atoms with Crippen molar-refractivity contribution in [3.05, 3.63) is 71.3 Å². The lowest BCUT2D eigenvalue weighted by atomic mass is 10.1. The maximum absolute atomic E-state index is 12.8. The number of ether oxygens (including phenoxy) is 1. The fraction of sp³-hybridized carbons (Fsp3) is 0.158. The molecule has 0 fully saturated rings. The summed E-state index contributed by atoms with van der Waals surface area (Å²) < 4.78 is 7.27. The Balaban J connectivity index is 1.65. The van der Waals surface area contributed by atoms with Gasteiger partial charge in [-0.1, -0.05) is 42.5 Å². The van der Waals surface area contributed by atoms with Gasteiger partial charge in [-0.05, 0) is 30.2 Å². The van der Waals surface area contributed by atoms with Gasteiger partial charge in [0.2, 0.25) is 0 Å². The van der Waals surface area contributed by atoms with Crippen LogP contribution >= 0.6 is 11.9 Å². The second-order valence-electron chi connectivity index (χ2n) is 5.71. The van der Waals surface area contributed by atoms with Crippen LogP contribution in [-0.4, -0.2) is 21.9 Å². The van der Waals surface area contributed by atoms with E-state index in [0.717, 1.165) is 27.1 Å². The monoisotopic (exact) mass is 336 g/mol. The van der Waals surface area contributed by atoms with Crippen LogP contribution in [0.1, 0.15) is 21.5 Å². The zero-order valence-corrected chi connectivity index (χ0v) is 14.0. The third kappa shape index (κ3) is 2.77. The highest BCUT2D eigenvalue weighted by molar-refractivity contribution is 7.97. The number of rotatable bonds is 2. The van der Waals surface area contributed by atoms with Gasteiger partial charge in [-0.15, -0.1) is 0 Å². The second kappa shape index (κ2) is 6.26. The lowest BCUT2D eigenvalue weighted by Gasteiger charge is -2.18. The number of amides is 1. The van der Waals surface area contributed by atoms with Crippen LogP contribution in [0.3, 0.4) is 0 Å². The fourth-order valence-corrected chi connectivity index (χ4v) is 3.59. The summed E-state index contributed by atoms with van der Waals surface area (Å²) in [4.78, 5) is 17.5. The van der Waals surface area contributed by atoms with Gasteiger partial charge in [0.25, 0.3) is 5.91 Å². The van der Waals surface area contributed by atoms with Gasteiger partial charge in [-0.3, -0.25) is 9.10 Å². The second-order valence-corrected chi connectivity index (χ2v) is 6.75. The number of nitrogens with zero attached hydrogens (tertiary/aromatic N) is 2. The van der Waals surface area contributed by atoms with Crippen molar-refractivity contribution in [2.45, 2.75) is 18.6 Å². The number of hydrogen-bond acceptors (Lipinski definition) is 4. The predicted octanol–water partition coefficient (Wildman–Crippen LogP) is 4.18. The molecule has 4 rings (SSSR count). The normalized spacial score (nSPS) is 14.5. The summed E-state index contributed by atoms with van der Waals surface area (Å²) in [5.41, 5.74) is 3.71. The van der Waals surface area contributed by atoms with E-state index in [1.807, 2.05) is 61.5 Å². The molecule has 1 amide bonds. The lowest BCUT2D eigenvalue weighted by molar-refractivity contribution is 0.0556. The Morgan fingerprint density at radius 3 is 2.88 bits per heavy atom. The third-order valence-corrected chi connectivity index (χ3v) is 4.95. The third-order valence-electron chi connectivity index (χ3n) is 4.04. The first-order valence-corrected chi connectivity index (χ1v) is 8.51. The van der Waals surface area contributed by atoms with Crippen LogP contribution in [0.5, 0.6) is 0 Å². The number of hydrogen-bond donors (Lipinski definition) is 0. The minimum atomic E-state index is -0.0419. The molecule has 0 N–H and O–H groups in total. The minimum absolute atomic E-state index is 0.0419. The summed E-state index contributed by atoms with van der Waals surface area (Å²) in [7, 11) is 0. The average molecular weight is 336 g/mol. The maximum atomic E-state index is 12.8. The van der Waals surface area contributed by atoms with Gasteiger partial charge >= 0.3 is 0 Å². The molecule has 120 valence electrons. The van der Waals surface area contributed by atoms with Crippen molar-refractivity contribution in [1.82, 2.24) is 9.29 Å². The van der Waals surface area contributed by atoms with Crippen molar-refractivity contribution in [1.29, 1.82) is 0 Å². The Bertz CT molecular complexity index is 926. The molecule has 4 nitrogen and oxygen atoms in total. The molecule has 1 aliphatic heterocycles. The van der Waals surface area contributed by atoms with Crippen LogP contribution in [0.15, 0.2) is 59.6 Å². The van der Waals surface area contributed by atoms with Gasteiger partial charge in [0.05, 0.1) is 12.1 Å². The van der Waals surface area contributed by atoms with Crippen LogP contribution in [0, 0.1) is 6.92 Å². The first kappa shape index (κ1) is 15.2. The van der Waals surface area contributed by atoms with Crippen LogP contribution < -0.4 is 0 Å². The van der Waals surface area contributed by atoms with Gasteiger partial charge in [0, 0.05) is 22.9 Å². The Labute approximate surface area is 144 Å². The molecule has 0 aliphatic carbocycles. The highest BCUT2D eigenvalue weighted by Crippen LogP contribution is 2.28. The number of aromatic nitrogens is 1. The first-order chi connectivity index (χ1) is 11.7. The Kier molecular flexibility index (Phi) is 3.96. The van der Waals surface area contributed by atoms with Gasteiger partial charge in [-0.25, -0.2) is 4.98 Å². The number of carbonyl (C=O) groups excluding carboxylic acids is 1. The van der Waals surface area contributed by atoms with E-state index in [1.165, 1.54) is 11.9 Å². The summed E-state index contributed by atoms with van der Waals surface area (Å²) in [6.45, 7) is 2.73. The number of pyridine rings is 1. The molecule has 24 heavy (non-hydrogen) atoms. The van der Waals surface area contributed by atoms with Gasteiger partial charge in [-0.2, -0.15) is 0 Å². The molecule has 0 saturated heterocycles. The molecule has 2 heterocycles. The van der Waals surface area contributed by atoms with Gasteiger partial charge < -0.3 is 4.74 Å². The Morgan fingerprint density at radius 2 is 1.96 bits per heavy atom. The van der Waals surface area contributed by atoms with E-state index in [-0.39, 0.29) is 12.6 Å². The zero-order chi connectivity index (χ0) is 16.5. The summed E-state index contributed by atoms with van der Waals surface area (Å²) in [5, 5.41) is 1.89. The Hall–Kier alpha value is -2.37. The number of fused-ring (bicyclic) bond motifs is 2. The van der Waals surface area contributed by atoms with Crippen LogP contribution in [-0.2, 0) is 11.3 Å². The molecule has 0 unspecified atom stereocenters. The first-order valence-electron chi connectivity index (χ1n) is 7.74. The maximum Gasteiger partial charge on any atom is 0.266 e. The lowest BCUT2D eigenvalue weighted by Crippen LogP contribution is -2.24. The number of para-hydroxylation sites is 1. The standard InChI is InChI=1S/C19H16N2O2S/c1-13-5-4-7-14-9-10-17(20-18(13)14)24-21-12-23-11-15-6-2-3-8-16(15)19(21)22/h2-10H,11-12H2,1H3. The van der Waals surface area contributed by atoms with E-state index in [9.17, 15) is 4.79 Å². The van der Waals surface area contributed by atoms with E-state index in [0.29, 0.717) is 12.2 Å². The molecule has 0 atom stereocenters. The molecular weight excluding hydrogens is 320 g/mol. The zero-order valence-electron chi connectivity index (χ0n) is 13.2. The molecule has 0 radical (unpaired) electrons. The largest absolute Gasteiger partial charge is 0.355 e. The highest BCUT2D eigenvalue weighted by atomic mass is 32.2. The van der Waals surface area contributed by atoms with Crippen LogP contribution in [0.2, 0.25) is 0 Å². The molecule has 1 aliphatic rings. The van der Waals surface area contributed by atoms with Crippen LogP contribution in [0.4, 0.5) is 0 Å². The average Bonchev–Trinajstić information content (AvgIpc) is 2.76. The highest BCUT2D eigenvalue weighted by Gasteiger charge is 2.24. The molecule has 1 aromatic heterocycles. The molecular formula is C19H16N2O2S. The number of benzene rings is 2. The van der Waals surface area contributed by atoms with Crippen LogP contribution in [0.25, 0.3) is 10.9 Å². The van der Waals surface area contributed by atoms with Crippen molar-refractivity contribution < 1.29 is 9.53 Å². The van der Waals surface area contributed by atoms with Crippen molar-refractivity contribution in [3.63, 3.8) is 0 Å². The van der Waals surface area contributed by atoms with Gasteiger partial charge in [0.15, 0.2) is 0 Å². The fourth-order valence-electron chi connectivity index (χ4n) is 2.80. The smallest absolute Gasteiger partial charge is 0.266 e. The summed E-state index contributed by atoms with van der Waals surface area (Å²) in [6.07, 6.45) is 0. The minimum Gasteiger partial charge on any atom is -0.355 e. The van der Waals surface area contributed by atoms with Crippen molar-refractivity contribution >= 4 is 28.8 Å². The quantitative estimate of drug-likeness (QED) is 0.658. The topological polar surface area (TPSA) is 42.4 Å².